The molecule has 280 valence electrons. The van der Waals surface area contributed by atoms with Gasteiger partial charge in [0.25, 0.3) is 0 Å². The number of hydrogen-bond acceptors (Lipinski definition) is 6. The molecule has 0 radical (unpaired) electrons. The van der Waals surface area contributed by atoms with E-state index in [1.807, 2.05) is 60.7 Å². The number of benzene rings is 7. The van der Waals surface area contributed by atoms with Crippen LogP contribution in [0.5, 0.6) is 0 Å². The van der Waals surface area contributed by atoms with Crippen LogP contribution < -0.4 is 0 Å². The first kappa shape index (κ1) is 33.9. The average molecular weight is 759 g/mol. The molecule has 3 aliphatic rings. The standard InChI is InChI=1S/C53H38N6/c1-4-14-32(15-5-1)38-20-10-11-21-41(38)51-56-49(35-18-8-3-9-19-35)57-53(59-51)43-25-13-22-39-40(43)23-12-24-42(39)52-55-48(34-16-6-2-7-17-34)54-50(58-52)36-28-26-33(27-29-36)46-44-30-37-31-45(46)47(37)44/h1-29,37,44-47H,30-31H2. The lowest BCUT2D eigenvalue weighted by molar-refractivity contribution is -0.214. The van der Waals surface area contributed by atoms with E-state index < -0.39 is 0 Å². The Bertz CT molecular complexity index is 3010. The highest BCUT2D eigenvalue weighted by Crippen LogP contribution is 2.75. The van der Waals surface area contributed by atoms with Crippen molar-refractivity contribution < 1.29 is 0 Å². The van der Waals surface area contributed by atoms with E-state index in [9.17, 15) is 0 Å². The van der Waals surface area contributed by atoms with E-state index in [1.165, 1.54) is 18.4 Å². The predicted octanol–water partition coefficient (Wildman–Crippen LogP) is 12.2. The van der Waals surface area contributed by atoms with Gasteiger partial charge in [-0.05, 0) is 69.9 Å². The Morgan fingerprint density at radius 2 is 0.695 bits per heavy atom. The van der Waals surface area contributed by atoms with Gasteiger partial charge in [0.15, 0.2) is 34.9 Å². The van der Waals surface area contributed by atoms with Crippen LogP contribution in [-0.4, -0.2) is 29.9 Å². The number of rotatable bonds is 8. The summed E-state index contributed by atoms with van der Waals surface area (Å²) in [5, 5.41) is 2.00. The molecule has 3 fully saturated rings. The SMILES string of the molecule is c1ccc(-c2nc(-c3ccc(C4C5CC6CC4C65)cc3)nc(-c3cccc4c(-c5nc(-c6ccccc6)nc(-c6ccccc6-c6ccccc6)n5)cccc34)n2)cc1. The van der Waals surface area contributed by atoms with Gasteiger partial charge in [-0.2, -0.15) is 0 Å². The summed E-state index contributed by atoms with van der Waals surface area (Å²) in [6.45, 7) is 0. The molecule has 0 bridgehead atoms. The summed E-state index contributed by atoms with van der Waals surface area (Å²) in [5.41, 5.74) is 9.25. The smallest absolute Gasteiger partial charge is 0.164 e. The predicted molar refractivity (Wildman–Crippen MR) is 235 cm³/mol. The van der Waals surface area contributed by atoms with Crippen LogP contribution in [0.2, 0.25) is 0 Å². The molecule has 0 amide bonds. The highest BCUT2D eigenvalue weighted by Gasteiger charge is 2.67. The second kappa shape index (κ2) is 13.7. The Kier molecular flexibility index (Phi) is 7.90. The van der Waals surface area contributed by atoms with E-state index >= 15 is 0 Å². The molecule has 0 spiro atoms. The van der Waals surface area contributed by atoms with Gasteiger partial charge in [-0.1, -0.05) is 176 Å². The molecule has 2 unspecified atom stereocenters. The van der Waals surface area contributed by atoms with Gasteiger partial charge in [0.1, 0.15) is 0 Å². The molecule has 7 aromatic carbocycles. The number of nitrogens with zero attached hydrogens (tertiary/aromatic N) is 6. The molecule has 6 nitrogen and oxygen atoms in total. The van der Waals surface area contributed by atoms with E-state index in [0.29, 0.717) is 34.9 Å². The van der Waals surface area contributed by atoms with Crippen molar-refractivity contribution in [2.75, 3.05) is 0 Å². The second-order valence-corrected chi connectivity index (χ2v) is 16.2. The number of aromatic nitrogens is 6. The lowest BCUT2D eigenvalue weighted by atomic mass is 9.31. The Hall–Kier alpha value is -7.18. The summed E-state index contributed by atoms with van der Waals surface area (Å²) in [6.07, 6.45) is 2.84. The minimum absolute atomic E-state index is 0.595. The molecular formula is C53H38N6. The molecule has 0 saturated heterocycles. The van der Waals surface area contributed by atoms with Gasteiger partial charge in [0, 0.05) is 33.4 Å². The van der Waals surface area contributed by atoms with Gasteiger partial charge >= 0.3 is 0 Å². The maximum absolute atomic E-state index is 5.23. The highest BCUT2D eigenvalue weighted by atomic mass is 15.0. The lowest BCUT2D eigenvalue weighted by Gasteiger charge is -2.73. The molecule has 9 aromatic rings. The molecule has 59 heavy (non-hydrogen) atoms. The molecule has 2 aromatic heterocycles. The summed E-state index contributed by atoms with van der Waals surface area (Å²) >= 11 is 0. The van der Waals surface area contributed by atoms with Crippen molar-refractivity contribution in [3.63, 3.8) is 0 Å². The molecular weight excluding hydrogens is 721 g/mol. The van der Waals surface area contributed by atoms with Crippen molar-refractivity contribution in [1.82, 2.24) is 29.9 Å². The minimum atomic E-state index is 0.595. The Balaban J connectivity index is 0.992. The van der Waals surface area contributed by atoms with Crippen LogP contribution in [0.1, 0.15) is 24.3 Å². The third-order valence-corrected chi connectivity index (χ3v) is 13.2. The van der Waals surface area contributed by atoms with Crippen LogP contribution in [-0.2, 0) is 0 Å². The van der Waals surface area contributed by atoms with Gasteiger partial charge in [0.2, 0.25) is 0 Å². The molecule has 3 aliphatic carbocycles. The zero-order valence-electron chi connectivity index (χ0n) is 32.2. The summed E-state index contributed by atoms with van der Waals surface area (Å²) in [4.78, 5) is 30.9. The fourth-order valence-electron chi connectivity index (χ4n) is 10.3. The van der Waals surface area contributed by atoms with Gasteiger partial charge in [-0.3, -0.25) is 0 Å². The van der Waals surface area contributed by atoms with E-state index in [1.54, 1.807) is 0 Å². The van der Waals surface area contributed by atoms with Crippen LogP contribution in [0.3, 0.4) is 0 Å². The number of hydrogen-bond donors (Lipinski definition) is 0. The summed E-state index contributed by atoms with van der Waals surface area (Å²) in [5.74, 6) is 8.30. The molecule has 0 N–H and O–H groups in total. The van der Waals surface area contributed by atoms with Gasteiger partial charge in [-0.15, -0.1) is 0 Å². The van der Waals surface area contributed by atoms with Crippen molar-refractivity contribution in [3.8, 4) is 79.5 Å². The first-order valence-electron chi connectivity index (χ1n) is 20.6. The molecule has 3 saturated carbocycles. The quantitative estimate of drug-likeness (QED) is 0.154. The number of fused-ring (bicyclic) bond motifs is 1. The molecule has 0 aliphatic heterocycles. The fourth-order valence-corrected chi connectivity index (χ4v) is 10.3. The Labute approximate surface area is 342 Å². The van der Waals surface area contributed by atoms with Crippen LogP contribution >= 0.6 is 0 Å². The molecule has 2 atom stereocenters. The van der Waals surface area contributed by atoms with Crippen molar-refractivity contribution in [2.24, 2.45) is 23.7 Å². The van der Waals surface area contributed by atoms with Crippen molar-refractivity contribution in [3.05, 3.63) is 181 Å². The average Bonchev–Trinajstić information content (AvgIpc) is 3.31. The van der Waals surface area contributed by atoms with E-state index in [-0.39, 0.29) is 0 Å². The summed E-state index contributed by atoms with van der Waals surface area (Å²) < 4.78 is 0. The summed E-state index contributed by atoms with van der Waals surface area (Å²) in [6, 6.07) is 60.7. The third kappa shape index (κ3) is 5.70. The van der Waals surface area contributed by atoms with Crippen molar-refractivity contribution in [1.29, 1.82) is 0 Å². The van der Waals surface area contributed by atoms with Crippen LogP contribution in [0, 0.1) is 23.7 Å². The van der Waals surface area contributed by atoms with Gasteiger partial charge in [-0.25, -0.2) is 29.9 Å². The van der Waals surface area contributed by atoms with E-state index in [4.69, 9.17) is 29.9 Å². The molecule has 12 rings (SSSR count). The summed E-state index contributed by atoms with van der Waals surface area (Å²) in [7, 11) is 0. The maximum atomic E-state index is 5.23. The first-order valence-corrected chi connectivity index (χ1v) is 20.6. The monoisotopic (exact) mass is 758 g/mol. The zero-order valence-corrected chi connectivity index (χ0v) is 32.2. The topological polar surface area (TPSA) is 77.3 Å². The second-order valence-electron chi connectivity index (χ2n) is 16.2. The van der Waals surface area contributed by atoms with Crippen LogP contribution in [0.15, 0.2) is 176 Å². The minimum Gasteiger partial charge on any atom is -0.208 e. The van der Waals surface area contributed by atoms with E-state index in [0.717, 1.165) is 84.9 Å². The normalized spacial score (nSPS) is 19.9. The first-order chi connectivity index (χ1) is 29.2. The van der Waals surface area contributed by atoms with Crippen LogP contribution in [0.4, 0.5) is 0 Å². The fraction of sp³-hybridized carbons (Fsp3) is 0.132. The molecule has 6 heteroatoms. The molecule has 2 heterocycles. The Morgan fingerprint density at radius 1 is 0.305 bits per heavy atom. The highest BCUT2D eigenvalue weighted by molar-refractivity contribution is 6.03. The van der Waals surface area contributed by atoms with Gasteiger partial charge < -0.3 is 0 Å². The largest absolute Gasteiger partial charge is 0.208 e. The zero-order chi connectivity index (χ0) is 38.9. The van der Waals surface area contributed by atoms with Crippen molar-refractivity contribution in [2.45, 2.75) is 18.8 Å². The lowest BCUT2D eigenvalue weighted by Crippen LogP contribution is -2.65. The van der Waals surface area contributed by atoms with E-state index in [2.05, 4.69) is 115 Å². The van der Waals surface area contributed by atoms with Crippen LogP contribution in [0.25, 0.3) is 90.2 Å². The third-order valence-electron chi connectivity index (χ3n) is 13.2. The Morgan fingerprint density at radius 3 is 1.19 bits per heavy atom. The van der Waals surface area contributed by atoms with Crippen molar-refractivity contribution >= 4 is 10.8 Å². The van der Waals surface area contributed by atoms with Gasteiger partial charge in [0.05, 0.1) is 0 Å². The maximum Gasteiger partial charge on any atom is 0.164 e.